The van der Waals surface area contributed by atoms with Gasteiger partial charge in [0.1, 0.15) is 5.69 Å². The topological polar surface area (TPSA) is 92.2 Å². The van der Waals surface area contributed by atoms with Crippen molar-refractivity contribution in [2.75, 3.05) is 12.3 Å². The van der Waals surface area contributed by atoms with Crippen LogP contribution in [0.2, 0.25) is 0 Å². The number of alkyl halides is 3. The lowest BCUT2D eigenvalue weighted by Gasteiger charge is -2.06. The average Bonchev–Trinajstić information content (AvgIpc) is 2.33. The number of carbonyl (C=O) groups is 2. The van der Waals surface area contributed by atoms with Crippen LogP contribution < -0.4 is 5.32 Å². The Balaban J connectivity index is 2.43. The van der Waals surface area contributed by atoms with E-state index in [2.05, 4.69) is 15.3 Å². The van der Waals surface area contributed by atoms with Crippen LogP contribution in [-0.4, -0.2) is 44.8 Å². The molecule has 0 aliphatic heterocycles. The van der Waals surface area contributed by atoms with Gasteiger partial charge < -0.3 is 10.4 Å². The minimum atomic E-state index is -4.34. The first-order chi connectivity index (χ1) is 8.79. The van der Waals surface area contributed by atoms with E-state index in [9.17, 15) is 22.8 Å². The number of carbonyl (C=O) groups excluding carboxylic acids is 1. The van der Waals surface area contributed by atoms with E-state index in [4.69, 9.17) is 5.11 Å². The number of aromatic carboxylic acids is 1. The Labute approximate surface area is 109 Å². The molecule has 0 aliphatic carbocycles. The molecule has 1 heterocycles. The quantitative estimate of drug-likeness (QED) is 0.792. The van der Waals surface area contributed by atoms with E-state index >= 15 is 0 Å². The molecule has 6 nitrogen and oxygen atoms in total. The number of hydrogen-bond donors (Lipinski definition) is 2. The Bertz CT molecular complexity index is 464. The first-order valence-electron chi connectivity index (χ1n) is 4.84. The first-order valence-corrected chi connectivity index (χ1v) is 5.82. The fraction of sp³-hybridized carbons (Fsp3) is 0.333. The third-order valence-electron chi connectivity index (χ3n) is 1.76. The third-order valence-corrected chi connectivity index (χ3v) is 2.49. The number of carboxylic acid groups (broad SMARTS) is 1. The van der Waals surface area contributed by atoms with E-state index in [-0.39, 0.29) is 35.4 Å². The Morgan fingerprint density at radius 3 is 2.32 bits per heavy atom. The van der Waals surface area contributed by atoms with Crippen LogP contribution in [0.15, 0.2) is 12.4 Å². The average molecular weight is 295 g/mol. The SMILES string of the molecule is O=C(O)c1cnc(C(=O)NCCSC(F)(F)F)cn1. The monoisotopic (exact) mass is 295 g/mol. The van der Waals surface area contributed by atoms with Crippen LogP contribution in [0.3, 0.4) is 0 Å². The first kappa shape index (κ1) is 15.2. The van der Waals surface area contributed by atoms with Gasteiger partial charge in [-0.25, -0.2) is 14.8 Å². The van der Waals surface area contributed by atoms with Crippen molar-refractivity contribution >= 4 is 23.6 Å². The van der Waals surface area contributed by atoms with E-state index in [1.165, 1.54) is 0 Å². The lowest BCUT2D eigenvalue weighted by Crippen LogP contribution is -2.27. The molecule has 1 amide bonds. The van der Waals surface area contributed by atoms with E-state index < -0.39 is 17.4 Å². The van der Waals surface area contributed by atoms with Crippen molar-refractivity contribution in [2.24, 2.45) is 0 Å². The molecule has 104 valence electrons. The second-order valence-corrected chi connectivity index (χ2v) is 4.30. The molecular weight excluding hydrogens is 287 g/mol. The molecule has 0 bridgehead atoms. The highest BCUT2D eigenvalue weighted by Gasteiger charge is 2.27. The predicted molar refractivity (Wildman–Crippen MR) is 59.8 cm³/mol. The maximum absolute atomic E-state index is 11.8. The zero-order valence-electron chi connectivity index (χ0n) is 9.27. The molecule has 0 spiro atoms. The molecule has 1 aromatic heterocycles. The maximum atomic E-state index is 11.8. The lowest BCUT2D eigenvalue weighted by molar-refractivity contribution is -0.0327. The van der Waals surface area contributed by atoms with Gasteiger partial charge in [0, 0.05) is 12.3 Å². The largest absolute Gasteiger partial charge is 0.476 e. The number of nitrogens with zero attached hydrogens (tertiary/aromatic N) is 2. The van der Waals surface area contributed by atoms with Crippen molar-refractivity contribution in [1.29, 1.82) is 0 Å². The molecule has 0 atom stereocenters. The maximum Gasteiger partial charge on any atom is 0.441 e. The Hall–Kier alpha value is -1.84. The zero-order chi connectivity index (χ0) is 14.5. The highest BCUT2D eigenvalue weighted by atomic mass is 32.2. The van der Waals surface area contributed by atoms with Gasteiger partial charge in [-0.05, 0) is 11.8 Å². The van der Waals surface area contributed by atoms with Crippen LogP contribution in [-0.2, 0) is 0 Å². The van der Waals surface area contributed by atoms with Gasteiger partial charge in [0.15, 0.2) is 5.69 Å². The van der Waals surface area contributed by atoms with Crippen molar-refractivity contribution in [1.82, 2.24) is 15.3 Å². The molecule has 0 unspecified atom stereocenters. The summed E-state index contributed by atoms with van der Waals surface area (Å²) in [6.07, 6.45) is 1.83. The number of thioether (sulfide) groups is 1. The summed E-state index contributed by atoms with van der Waals surface area (Å²) < 4.78 is 35.4. The molecule has 10 heteroatoms. The highest BCUT2D eigenvalue weighted by Crippen LogP contribution is 2.29. The fourth-order valence-electron chi connectivity index (χ4n) is 0.978. The molecule has 1 rings (SSSR count). The third kappa shape index (κ3) is 5.55. The van der Waals surface area contributed by atoms with Crippen LogP contribution in [0.4, 0.5) is 13.2 Å². The number of nitrogens with one attached hydrogen (secondary N) is 1. The highest BCUT2D eigenvalue weighted by molar-refractivity contribution is 8.00. The second-order valence-electron chi connectivity index (χ2n) is 3.14. The van der Waals surface area contributed by atoms with Crippen LogP contribution in [0.1, 0.15) is 21.0 Å². The summed E-state index contributed by atoms with van der Waals surface area (Å²) in [5, 5.41) is 10.8. The van der Waals surface area contributed by atoms with E-state index in [0.717, 1.165) is 12.4 Å². The van der Waals surface area contributed by atoms with Crippen LogP contribution >= 0.6 is 11.8 Å². The van der Waals surface area contributed by atoms with Gasteiger partial charge in [-0.15, -0.1) is 0 Å². The van der Waals surface area contributed by atoms with Gasteiger partial charge in [0.05, 0.1) is 12.4 Å². The second kappa shape index (κ2) is 6.36. The number of hydrogen-bond acceptors (Lipinski definition) is 5. The molecule has 0 aromatic carbocycles. The van der Waals surface area contributed by atoms with E-state index in [1.807, 2.05) is 0 Å². The van der Waals surface area contributed by atoms with Crippen molar-refractivity contribution in [3.8, 4) is 0 Å². The van der Waals surface area contributed by atoms with Gasteiger partial charge in [0.2, 0.25) is 0 Å². The molecule has 0 saturated heterocycles. The lowest BCUT2D eigenvalue weighted by atomic mass is 10.4. The standard InChI is InChI=1S/C9H8F3N3O3S/c10-9(11,12)19-2-1-13-7(16)5-3-15-6(4-14-5)8(17)18/h3-4H,1-2H2,(H,13,16)(H,17,18). The van der Waals surface area contributed by atoms with E-state index in [1.54, 1.807) is 0 Å². The molecule has 1 aromatic rings. The Kier molecular flexibility index (Phi) is 5.10. The van der Waals surface area contributed by atoms with Crippen LogP contribution in [0.5, 0.6) is 0 Å². The van der Waals surface area contributed by atoms with Crippen LogP contribution in [0, 0.1) is 0 Å². The summed E-state index contributed by atoms with van der Waals surface area (Å²) in [5.41, 5.74) is -4.83. The normalized spacial score (nSPS) is 11.1. The molecule has 19 heavy (non-hydrogen) atoms. The minimum Gasteiger partial charge on any atom is -0.476 e. The van der Waals surface area contributed by atoms with Gasteiger partial charge in [-0.3, -0.25) is 4.79 Å². The molecular formula is C9H8F3N3O3S. The summed E-state index contributed by atoms with van der Waals surface area (Å²) >= 11 is -0.251. The van der Waals surface area contributed by atoms with Gasteiger partial charge >= 0.3 is 11.5 Å². The van der Waals surface area contributed by atoms with Crippen molar-refractivity contribution in [3.63, 3.8) is 0 Å². The molecule has 0 aliphatic rings. The summed E-state index contributed by atoms with van der Waals surface area (Å²) in [6.45, 7) is -0.189. The molecule has 2 N–H and O–H groups in total. The smallest absolute Gasteiger partial charge is 0.441 e. The number of halogens is 3. The Morgan fingerprint density at radius 1 is 1.26 bits per heavy atom. The van der Waals surface area contributed by atoms with E-state index in [0.29, 0.717) is 0 Å². The molecule has 0 saturated carbocycles. The molecule has 0 fully saturated rings. The van der Waals surface area contributed by atoms with Crippen molar-refractivity contribution in [2.45, 2.75) is 5.51 Å². The molecule has 0 radical (unpaired) electrons. The van der Waals surface area contributed by atoms with Gasteiger partial charge in [-0.1, -0.05) is 0 Å². The fourth-order valence-corrected chi connectivity index (χ4v) is 1.41. The summed E-state index contributed by atoms with van der Waals surface area (Å²) in [7, 11) is 0. The van der Waals surface area contributed by atoms with Gasteiger partial charge in [0.25, 0.3) is 5.91 Å². The Morgan fingerprint density at radius 2 is 1.84 bits per heavy atom. The number of carboxylic acids is 1. The van der Waals surface area contributed by atoms with Crippen molar-refractivity contribution in [3.05, 3.63) is 23.8 Å². The summed E-state index contributed by atoms with van der Waals surface area (Å²) in [6, 6.07) is 0. The zero-order valence-corrected chi connectivity index (χ0v) is 10.1. The predicted octanol–water partition coefficient (Wildman–Crippen LogP) is 1.16. The van der Waals surface area contributed by atoms with Crippen molar-refractivity contribution < 1.29 is 27.9 Å². The number of rotatable bonds is 5. The van der Waals surface area contributed by atoms with Crippen LogP contribution in [0.25, 0.3) is 0 Å². The summed E-state index contributed by atoms with van der Waals surface area (Å²) in [4.78, 5) is 28.9. The van der Waals surface area contributed by atoms with Gasteiger partial charge in [-0.2, -0.15) is 13.2 Å². The number of amides is 1. The summed E-state index contributed by atoms with van der Waals surface area (Å²) in [5.74, 6) is -2.33. The number of aromatic nitrogens is 2. The minimum absolute atomic E-state index is 0.165.